The molecule has 30 heavy (non-hydrogen) atoms. The second kappa shape index (κ2) is 7.88. The third-order valence-corrected chi connectivity index (χ3v) is 6.46. The number of carbonyl (C=O) groups excluding carboxylic acids is 1. The molecule has 5 rings (SSSR count). The zero-order valence-corrected chi connectivity index (χ0v) is 17.8. The lowest BCUT2D eigenvalue weighted by molar-refractivity contribution is -0.132. The molecule has 1 saturated carbocycles. The van der Waals surface area contributed by atoms with Crippen LogP contribution in [0.1, 0.15) is 49.6 Å². The minimum atomic E-state index is -0.403. The van der Waals surface area contributed by atoms with Crippen LogP contribution in [0.4, 0.5) is 0 Å². The minimum Gasteiger partial charge on any atom is -0.467 e. The summed E-state index contributed by atoms with van der Waals surface area (Å²) in [7, 11) is 0. The van der Waals surface area contributed by atoms with E-state index >= 15 is 0 Å². The Labute approximate surface area is 182 Å². The van der Waals surface area contributed by atoms with Crippen LogP contribution in [-0.2, 0) is 4.79 Å². The van der Waals surface area contributed by atoms with E-state index in [-0.39, 0.29) is 11.9 Å². The van der Waals surface area contributed by atoms with Crippen molar-refractivity contribution in [3.63, 3.8) is 0 Å². The summed E-state index contributed by atoms with van der Waals surface area (Å²) in [6, 6.07) is 11.2. The van der Waals surface area contributed by atoms with E-state index in [9.17, 15) is 4.79 Å². The Morgan fingerprint density at radius 2 is 2.07 bits per heavy atom. The van der Waals surface area contributed by atoms with Gasteiger partial charge in [-0.3, -0.25) is 4.79 Å². The molecule has 0 N–H and O–H groups in total. The highest BCUT2D eigenvalue weighted by Crippen LogP contribution is 2.39. The van der Waals surface area contributed by atoms with Crippen LogP contribution >= 0.6 is 23.4 Å². The van der Waals surface area contributed by atoms with Crippen molar-refractivity contribution in [3.8, 4) is 0 Å². The highest BCUT2D eigenvalue weighted by Gasteiger charge is 2.38. The minimum absolute atomic E-state index is 0.115. The van der Waals surface area contributed by atoms with E-state index in [1.807, 2.05) is 48.0 Å². The first-order valence-corrected chi connectivity index (χ1v) is 11.0. The van der Waals surface area contributed by atoms with Gasteiger partial charge in [-0.2, -0.15) is 5.10 Å². The van der Waals surface area contributed by atoms with Gasteiger partial charge in [0.15, 0.2) is 0 Å². The number of hydrogen-bond donors (Lipinski definition) is 0. The van der Waals surface area contributed by atoms with Crippen molar-refractivity contribution in [1.82, 2.24) is 25.2 Å². The summed E-state index contributed by atoms with van der Waals surface area (Å²) in [5.41, 5.74) is 1.76. The summed E-state index contributed by atoms with van der Waals surface area (Å²) in [4.78, 5) is 13.4. The summed E-state index contributed by atoms with van der Waals surface area (Å²) in [6.07, 6.45) is 4.32. The molecular formula is C20H19ClN6O2S. The molecule has 10 heteroatoms. The molecule has 0 unspecified atom stereocenters. The molecule has 8 nitrogen and oxygen atoms in total. The normalized spacial score (nSPS) is 19.7. The molecule has 2 aliphatic rings. The SMILES string of the molecule is C[C@@H](Sc1nnnn1C1CC1)C(=O)N1N=C(c2ccc(Cl)cc2)C[C@@H]1c1ccco1. The number of amides is 1. The Bertz CT molecular complexity index is 1080. The van der Waals surface area contributed by atoms with Gasteiger partial charge in [0, 0.05) is 11.4 Å². The summed E-state index contributed by atoms with van der Waals surface area (Å²) in [6.45, 7) is 1.86. The molecule has 2 aromatic heterocycles. The molecule has 1 aliphatic carbocycles. The van der Waals surface area contributed by atoms with Crippen molar-refractivity contribution >= 4 is 35.0 Å². The first-order chi connectivity index (χ1) is 14.6. The zero-order valence-electron chi connectivity index (χ0n) is 16.2. The fraction of sp³-hybridized carbons (Fsp3) is 0.350. The van der Waals surface area contributed by atoms with E-state index in [0.717, 1.165) is 24.1 Å². The number of rotatable bonds is 6. The maximum absolute atomic E-state index is 13.4. The van der Waals surface area contributed by atoms with Crippen molar-refractivity contribution < 1.29 is 9.21 Å². The molecule has 3 aromatic rings. The van der Waals surface area contributed by atoms with Gasteiger partial charge in [0.05, 0.1) is 23.3 Å². The number of aromatic nitrogens is 4. The molecule has 0 bridgehead atoms. The number of furan rings is 1. The van der Waals surface area contributed by atoms with Gasteiger partial charge in [-0.15, -0.1) is 5.10 Å². The quantitative estimate of drug-likeness (QED) is 0.533. The fourth-order valence-electron chi connectivity index (χ4n) is 3.44. The fourth-order valence-corrected chi connectivity index (χ4v) is 4.47. The van der Waals surface area contributed by atoms with Gasteiger partial charge >= 0.3 is 0 Å². The van der Waals surface area contributed by atoms with Crippen molar-refractivity contribution in [2.45, 2.75) is 48.7 Å². The predicted molar refractivity (Wildman–Crippen MR) is 112 cm³/mol. The van der Waals surface area contributed by atoms with Gasteiger partial charge in [0.2, 0.25) is 5.16 Å². The van der Waals surface area contributed by atoms with Gasteiger partial charge in [-0.25, -0.2) is 9.69 Å². The van der Waals surface area contributed by atoms with Crippen LogP contribution in [0.25, 0.3) is 0 Å². The van der Waals surface area contributed by atoms with Crippen molar-refractivity contribution in [3.05, 3.63) is 59.0 Å². The molecule has 1 fully saturated rings. The summed E-state index contributed by atoms with van der Waals surface area (Å²) in [5.74, 6) is 0.590. The summed E-state index contributed by atoms with van der Waals surface area (Å²) in [5, 5.41) is 19.0. The number of halogens is 1. The number of hydrazone groups is 1. The number of benzene rings is 1. The number of carbonyl (C=O) groups is 1. The maximum Gasteiger partial charge on any atom is 0.256 e. The predicted octanol–water partition coefficient (Wildman–Crippen LogP) is 4.11. The highest BCUT2D eigenvalue weighted by molar-refractivity contribution is 8.00. The lowest BCUT2D eigenvalue weighted by Crippen LogP contribution is -2.33. The van der Waals surface area contributed by atoms with Crippen LogP contribution < -0.4 is 0 Å². The molecule has 2 atom stereocenters. The molecule has 0 saturated heterocycles. The summed E-state index contributed by atoms with van der Waals surface area (Å²) >= 11 is 7.37. The van der Waals surface area contributed by atoms with Gasteiger partial charge in [-0.1, -0.05) is 35.5 Å². The molecule has 3 heterocycles. The van der Waals surface area contributed by atoms with Gasteiger partial charge in [0.25, 0.3) is 5.91 Å². The van der Waals surface area contributed by atoms with Crippen LogP contribution in [0.5, 0.6) is 0 Å². The molecule has 1 amide bonds. The molecule has 1 aliphatic heterocycles. The van der Waals surface area contributed by atoms with Crippen LogP contribution in [0, 0.1) is 0 Å². The van der Waals surface area contributed by atoms with E-state index in [2.05, 4.69) is 20.6 Å². The van der Waals surface area contributed by atoms with Gasteiger partial charge in [0.1, 0.15) is 11.8 Å². The molecule has 154 valence electrons. The van der Waals surface area contributed by atoms with E-state index < -0.39 is 5.25 Å². The van der Waals surface area contributed by atoms with Crippen LogP contribution in [0.3, 0.4) is 0 Å². The number of hydrogen-bond acceptors (Lipinski definition) is 7. The zero-order chi connectivity index (χ0) is 20.7. The lowest BCUT2D eigenvalue weighted by atomic mass is 10.0. The number of nitrogens with zero attached hydrogens (tertiary/aromatic N) is 6. The van der Waals surface area contributed by atoms with Gasteiger partial charge in [-0.05, 0) is 60.0 Å². The van der Waals surface area contributed by atoms with Crippen molar-refractivity contribution in [2.24, 2.45) is 5.10 Å². The monoisotopic (exact) mass is 442 g/mol. The van der Waals surface area contributed by atoms with E-state index in [0.29, 0.717) is 28.4 Å². The lowest BCUT2D eigenvalue weighted by Gasteiger charge is -2.22. The molecular weight excluding hydrogens is 424 g/mol. The Balaban J connectivity index is 1.40. The first-order valence-electron chi connectivity index (χ1n) is 9.74. The van der Waals surface area contributed by atoms with Crippen LogP contribution in [0.2, 0.25) is 5.02 Å². The standard InChI is InChI=1S/C20H19ClN6O2S/c1-12(30-20-22-24-25-26(20)15-8-9-15)19(28)27-17(18-3-2-10-29-18)11-16(23-27)13-4-6-14(21)7-5-13/h2-7,10,12,15,17H,8-9,11H2,1H3/t12-,17-/m1/s1. The van der Waals surface area contributed by atoms with E-state index in [4.69, 9.17) is 16.0 Å². The smallest absolute Gasteiger partial charge is 0.256 e. The second-order valence-corrected chi connectivity index (χ2v) is 9.11. The van der Waals surface area contributed by atoms with E-state index in [1.54, 1.807) is 6.26 Å². The van der Waals surface area contributed by atoms with Crippen LogP contribution in [-0.4, -0.2) is 42.1 Å². The topological polar surface area (TPSA) is 89.4 Å². The molecule has 0 radical (unpaired) electrons. The van der Waals surface area contributed by atoms with Gasteiger partial charge < -0.3 is 4.42 Å². The number of thioether (sulfide) groups is 1. The Kier molecular flexibility index (Phi) is 5.08. The van der Waals surface area contributed by atoms with Crippen LogP contribution in [0.15, 0.2) is 57.3 Å². The number of tetrazole rings is 1. The molecule has 0 spiro atoms. The van der Waals surface area contributed by atoms with Crippen molar-refractivity contribution in [2.75, 3.05) is 0 Å². The Hall–Kier alpha value is -2.65. The largest absolute Gasteiger partial charge is 0.467 e. The van der Waals surface area contributed by atoms with E-state index in [1.165, 1.54) is 16.8 Å². The molecule has 1 aromatic carbocycles. The summed E-state index contributed by atoms with van der Waals surface area (Å²) < 4.78 is 7.42. The Morgan fingerprint density at radius 3 is 2.77 bits per heavy atom. The third kappa shape index (κ3) is 3.75. The average molecular weight is 443 g/mol. The highest BCUT2D eigenvalue weighted by atomic mass is 35.5. The maximum atomic E-state index is 13.4. The Morgan fingerprint density at radius 1 is 1.27 bits per heavy atom. The first kappa shape index (κ1) is 19.3. The average Bonchev–Trinajstić information content (AvgIpc) is 3.15. The van der Waals surface area contributed by atoms with Crippen molar-refractivity contribution in [1.29, 1.82) is 0 Å². The third-order valence-electron chi connectivity index (χ3n) is 5.17. The second-order valence-electron chi connectivity index (χ2n) is 7.37.